The zero-order valence-corrected chi connectivity index (χ0v) is 11.5. The van der Waals surface area contributed by atoms with Gasteiger partial charge in [0.05, 0.1) is 6.61 Å². The zero-order valence-electron chi connectivity index (χ0n) is 10.8. The molecule has 0 aliphatic rings. The summed E-state index contributed by atoms with van der Waals surface area (Å²) in [4.78, 5) is 4.29. The van der Waals surface area contributed by atoms with E-state index in [1.807, 2.05) is 19.1 Å². The van der Waals surface area contributed by atoms with Crippen molar-refractivity contribution in [1.29, 1.82) is 0 Å². The highest BCUT2D eigenvalue weighted by Gasteiger charge is 2.17. The molecule has 4 heteroatoms. The number of aromatic nitrogens is 1. The molecule has 1 aromatic heterocycles. The van der Waals surface area contributed by atoms with E-state index >= 15 is 0 Å². The lowest BCUT2D eigenvalue weighted by Crippen LogP contribution is -2.24. The molecule has 0 saturated carbocycles. The second-order valence-electron chi connectivity index (χ2n) is 4.74. The van der Waals surface area contributed by atoms with Crippen LogP contribution in [0.5, 0.6) is 5.75 Å². The van der Waals surface area contributed by atoms with Crippen LogP contribution in [0.3, 0.4) is 0 Å². The van der Waals surface area contributed by atoms with Gasteiger partial charge in [0.25, 0.3) is 0 Å². The zero-order chi connectivity index (χ0) is 12.7. The van der Waals surface area contributed by atoms with Crippen LogP contribution in [0.15, 0.2) is 18.3 Å². The van der Waals surface area contributed by atoms with Crippen LogP contribution in [0.4, 0.5) is 5.82 Å². The lowest BCUT2D eigenvalue weighted by atomic mass is 9.90. The first-order valence-corrected chi connectivity index (χ1v) is 6.50. The normalized spacial score (nSPS) is 11.3. The van der Waals surface area contributed by atoms with Gasteiger partial charge in [-0.1, -0.05) is 13.8 Å². The van der Waals surface area contributed by atoms with E-state index in [0.29, 0.717) is 12.5 Å². The fourth-order valence-electron chi connectivity index (χ4n) is 1.46. The van der Waals surface area contributed by atoms with Gasteiger partial charge in [0.15, 0.2) is 11.6 Å². The maximum Gasteiger partial charge on any atom is 0.168 e. The van der Waals surface area contributed by atoms with E-state index in [1.165, 1.54) is 0 Å². The van der Waals surface area contributed by atoms with Gasteiger partial charge in [-0.05, 0) is 30.9 Å². The van der Waals surface area contributed by atoms with Gasteiger partial charge in [0.1, 0.15) is 0 Å². The number of nitrogens with one attached hydrogen (secondary N) is 1. The van der Waals surface area contributed by atoms with Crippen molar-refractivity contribution >= 4 is 17.4 Å². The van der Waals surface area contributed by atoms with E-state index in [9.17, 15) is 0 Å². The fourth-order valence-corrected chi connectivity index (χ4v) is 1.97. The number of anilines is 1. The number of halogens is 1. The molecule has 1 heterocycles. The third-order valence-corrected chi connectivity index (χ3v) is 2.77. The molecule has 0 bridgehead atoms. The number of ether oxygens (including phenoxy) is 1. The highest BCUT2D eigenvalue weighted by Crippen LogP contribution is 2.25. The summed E-state index contributed by atoms with van der Waals surface area (Å²) in [6, 6.07) is 3.80. The number of hydrogen-bond acceptors (Lipinski definition) is 3. The Balaban J connectivity index is 2.62. The molecule has 0 aromatic carbocycles. The molecule has 1 N–H and O–H groups in total. The summed E-state index contributed by atoms with van der Waals surface area (Å²) >= 11 is 5.78. The standard InChI is InChI=1S/C13H21ClN2O/c1-4-17-11-6-5-9-15-12(11)16-10-13(2,3)7-8-14/h5-6,9H,4,7-8,10H2,1-3H3,(H,15,16). The topological polar surface area (TPSA) is 34.1 Å². The predicted molar refractivity (Wildman–Crippen MR) is 73.0 cm³/mol. The highest BCUT2D eigenvalue weighted by molar-refractivity contribution is 6.17. The maximum atomic E-state index is 5.78. The van der Waals surface area contributed by atoms with Crippen molar-refractivity contribution in [2.24, 2.45) is 5.41 Å². The van der Waals surface area contributed by atoms with Crippen molar-refractivity contribution in [3.8, 4) is 5.75 Å². The average Bonchev–Trinajstić information content (AvgIpc) is 2.28. The SMILES string of the molecule is CCOc1cccnc1NCC(C)(C)CCCl. The van der Waals surface area contributed by atoms with Crippen molar-refractivity contribution in [1.82, 2.24) is 4.98 Å². The van der Waals surface area contributed by atoms with Crippen molar-refractivity contribution in [3.63, 3.8) is 0 Å². The second-order valence-corrected chi connectivity index (χ2v) is 5.12. The molecule has 1 rings (SSSR count). The van der Waals surface area contributed by atoms with Crippen LogP contribution in [0.2, 0.25) is 0 Å². The quantitative estimate of drug-likeness (QED) is 0.758. The Kier molecular flexibility index (Phi) is 5.56. The molecular formula is C13H21ClN2O. The minimum Gasteiger partial charge on any atom is -0.490 e. The molecule has 0 atom stereocenters. The Bertz CT molecular complexity index is 342. The molecule has 17 heavy (non-hydrogen) atoms. The van der Waals surface area contributed by atoms with Crippen molar-refractivity contribution in [2.45, 2.75) is 27.2 Å². The van der Waals surface area contributed by atoms with Crippen LogP contribution in [0.1, 0.15) is 27.2 Å². The predicted octanol–water partition coefficient (Wildman–Crippen LogP) is 3.55. The number of alkyl halides is 1. The fraction of sp³-hybridized carbons (Fsp3) is 0.615. The Morgan fingerprint density at radius 1 is 1.47 bits per heavy atom. The molecule has 1 aromatic rings. The van der Waals surface area contributed by atoms with Crippen molar-refractivity contribution in [3.05, 3.63) is 18.3 Å². The molecule has 0 fully saturated rings. The third-order valence-electron chi connectivity index (χ3n) is 2.58. The van der Waals surface area contributed by atoms with E-state index < -0.39 is 0 Å². The molecule has 0 aliphatic heterocycles. The largest absolute Gasteiger partial charge is 0.490 e. The van der Waals surface area contributed by atoms with Crippen LogP contribution < -0.4 is 10.1 Å². The molecule has 3 nitrogen and oxygen atoms in total. The lowest BCUT2D eigenvalue weighted by molar-refractivity contribution is 0.338. The molecule has 0 saturated heterocycles. The molecule has 0 amide bonds. The lowest BCUT2D eigenvalue weighted by Gasteiger charge is -2.24. The summed E-state index contributed by atoms with van der Waals surface area (Å²) < 4.78 is 5.51. The molecule has 0 spiro atoms. The monoisotopic (exact) mass is 256 g/mol. The van der Waals surface area contributed by atoms with Crippen LogP contribution in [0.25, 0.3) is 0 Å². The van der Waals surface area contributed by atoms with Gasteiger partial charge in [-0.15, -0.1) is 11.6 Å². The van der Waals surface area contributed by atoms with Gasteiger partial charge in [-0.25, -0.2) is 4.98 Å². The first-order valence-electron chi connectivity index (χ1n) is 5.96. The molecule has 0 aliphatic carbocycles. The van der Waals surface area contributed by atoms with Crippen LogP contribution >= 0.6 is 11.6 Å². The van der Waals surface area contributed by atoms with E-state index in [-0.39, 0.29) is 5.41 Å². The van der Waals surface area contributed by atoms with E-state index in [4.69, 9.17) is 16.3 Å². The Hall–Kier alpha value is -0.960. The minimum absolute atomic E-state index is 0.156. The van der Waals surface area contributed by atoms with Crippen LogP contribution in [-0.2, 0) is 0 Å². The summed E-state index contributed by atoms with van der Waals surface area (Å²) in [5, 5.41) is 3.33. The van der Waals surface area contributed by atoms with Crippen LogP contribution in [-0.4, -0.2) is 24.0 Å². The van der Waals surface area contributed by atoms with Gasteiger partial charge in [0, 0.05) is 18.6 Å². The van der Waals surface area contributed by atoms with Gasteiger partial charge in [0.2, 0.25) is 0 Å². The number of nitrogens with zero attached hydrogens (tertiary/aromatic N) is 1. The summed E-state index contributed by atoms with van der Waals surface area (Å²) in [5.74, 6) is 2.28. The van der Waals surface area contributed by atoms with Crippen molar-refractivity contribution < 1.29 is 4.74 Å². The van der Waals surface area contributed by atoms with Gasteiger partial charge in [-0.3, -0.25) is 0 Å². The Morgan fingerprint density at radius 2 is 2.24 bits per heavy atom. The molecular weight excluding hydrogens is 236 g/mol. The molecule has 0 unspecified atom stereocenters. The van der Waals surface area contributed by atoms with Gasteiger partial charge < -0.3 is 10.1 Å². The number of rotatable bonds is 7. The smallest absolute Gasteiger partial charge is 0.168 e. The van der Waals surface area contributed by atoms with Gasteiger partial charge >= 0.3 is 0 Å². The average molecular weight is 257 g/mol. The van der Waals surface area contributed by atoms with E-state index in [2.05, 4.69) is 24.1 Å². The minimum atomic E-state index is 0.156. The first-order chi connectivity index (χ1) is 8.09. The molecule has 96 valence electrons. The first kappa shape index (κ1) is 14.1. The summed E-state index contributed by atoms with van der Waals surface area (Å²) in [7, 11) is 0. The van der Waals surface area contributed by atoms with Crippen LogP contribution in [0, 0.1) is 5.41 Å². The maximum absolute atomic E-state index is 5.78. The molecule has 0 radical (unpaired) electrons. The van der Waals surface area contributed by atoms with Gasteiger partial charge in [-0.2, -0.15) is 0 Å². The number of pyridine rings is 1. The summed E-state index contributed by atoms with van der Waals surface area (Å²) in [6.07, 6.45) is 2.73. The Morgan fingerprint density at radius 3 is 2.88 bits per heavy atom. The van der Waals surface area contributed by atoms with E-state index in [1.54, 1.807) is 6.20 Å². The highest BCUT2D eigenvalue weighted by atomic mass is 35.5. The third kappa shape index (κ3) is 4.82. The summed E-state index contributed by atoms with van der Waals surface area (Å²) in [6.45, 7) is 7.81. The van der Waals surface area contributed by atoms with Crippen molar-refractivity contribution in [2.75, 3.05) is 24.3 Å². The Labute approximate surface area is 109 Å². The number of hydrogen-bond donors (Lipinski definition) is 1. The summed E-state index contributed by atoms with van der Waals surface area (Å²) in [5.41, 5.74) is 0.156. The van der Waals surface area contributed by atoms with E-state index in [0.717, 1.165) is 24.5 Å². The second kappa shape index (κ2) is 6.70.